The highest BCUT2D eigenvalue weighted by Gasteiger charge is 2.41. The first-order valence-corrected chi connectivity index (χ1v) is 11.4. The number of carbonyl (C=O) groups excluding carboxylic acids is 1. The Labute approximate surface area is 175 Å². The zero-order valence-electron chi connectivity index (χ0n) is 17.8. The second-order valence-electron chi connectivity index (χ2n) is 9.33. The molecule has 5 heteroatoms. The fraction of sp³-hybridized carbons (Fsp3) is 0.708. The number of benzene rings is 1. The molecule has 160 valence electrons. The van der Waals surface area contributed by atoms with Crippen LogP contribution in [0.25, 0.3) is 0 Å². The number of hydrogen-bond acceptors (Lipinski definition) is 3. The summed E-state index contributed by atoms with van der Waals surface area (Å²) in [5.41, 5.74) is 2.36. The average molecular weight is 401 g/mol. The molecule has 0 bridgehead atoms. The van der Waals surface area contributed by atoms with Gasteiger partial charge in [0.15, 0.2) is 0 Å². The van der Waals surface area contributed by atoms with Gasteiger partial charge in [-0.15, -0.1) is 0 Å². The van der Waals surface area contributed by atoms with Crippen LogP contribution in [0.2, 0.25) is 0 Å². The van der Waals surface area contributed by atoms with Crippen LogP contribution in [0, 0.1) is 18.8 Å². The van der Waals surface area contributed by atoms with Crippen LogP contribution in [0.3, 0.4) is 0 Å². The predicted molar refractivity (Wildman–Crippen MR) is 114 cm³/mol. The Balaban J connectivity index is 1.18. The molecule has 0 radical (unpaired) electrons. The van der Waals surface area contributed by atoms with Gasteiger partial charge in [0, 0.05) is 39.5 Å². The summed E-state index contributed by atoms with van der Waals surface area (Å²) < 4.78 is 12.1. The van der Waals surface area contributed by atoms with Crippen LogP contribution in [0.4, 0.5) is 4.79 Å². The molecule has 1 aromatic rings. The first-order chi connectivity index (χ1) is 14.1. The van der Waals surface area contributed by atoms with Gasteiger partial charge in [-0.25, -0.2) is 4.79 Å². The van der Waals surface area contributed by atoms with E-state index in [1.54, 1.807) is 0 Å². The number of hydrogen-bond donors (Lipinski definition) is 1. The third-order valence-electron chi connectivity index (χ3n) is 6.84. The molecular formula is C24H36N2O3. The normalized spacial score (nSPS) is 23.9. The molecule has 29 heavy (non-hydrogen) atoms. The lowest BCUT2D eigenvalue weighted by Gasteiger charge is -2.46. The van der Waals surface area contributed by atoms with Crippen molar-refractivity contribution in [1.82, 2.24) is 10.2 Å². The molecular weight excluding hydrogens is 364 g/mol. The van der Waals surface area contributed by atoms with Crippen molar-refractivity contribution in [3.63, 3.8) is 0 Å². The molecule has 5 nitrogen and oxygen atoms in total. The van der Waals surface area contributed by atoms with Crippen LogP contribution in [-0.2, 0) is 16.0 Å². The van der Waals surface area contributed by atoms with Gasteiger partial charge in [-0.05, 0) is 69.3 Å². The molecule has 3 aliphatic rings. The smallest absolute Gasteiger partial charge is 0.317 e. The molecule has 2 aliphatic heterocycles. The third-order valence-corrected chi connectivity index (χ3v) is 6.84. The molecule has 4 rings (SSSR count). The first-order valence-electron chi connectivity index (χ1n) is 11.4. The lowest BCUT2D eigenvalue weighted by atomic mass is 9.78. The minimum atomic E-state index is -0.0207. The minimum absolute atomic E-state index is 0.0207. The van der Waals surface area contributed by atoms with Crippen molar-refractivity contribution in [2.45, 2.75) is 64.0 Å². The van der Waals surface area contributed by atoms with Crippen LogP contribution in [-0.4, -0.2) is 49.4 Å². The van der Waals surface area contributed by atoms with E-state index in [2.05, 4.69) is 36.5 Å². The Morgan fingerprint density at radius 3 is 2.66 bits per heavy atom. The van der Waals surface area contributed by atoms with E-state index in [4.69, 9.17) is 9.47 Å². The minimum Gasteiger partial charge on any atom is -0.381 e. The Hall–Kier alpha value is -1.59. The van der Waals surface area contributed by atoms with Gasteiger partial charge in [0.25, 0.3) is 0 Å². The van der Waals surface area contributed by atoms with E-state index in [1.165, 1.54) is 18.4 Å². The van der Waals surface area contributed by atoms with Crippen molar-refractivity contribution in [3.05, 3.63) is 35.4 Å². The van der Waals surface area contributed by atoms with Crippen LogP contribution in [0.5, 0.6) is 0 Å². The zero-order valence-corrected chi connectivity index (χ0v) is 17.8. The molecule has 2 heterocycles. The Kier molecular flexibility index (Phi) is 6.76. The van der Waals surface area contributed by atoms with E-state index in [0.717, 1.165) is 76.5 Å². The van der Waals surface area contributed by atoms with Gasteiger partial charge in [-0.3, -0.25) is 0 Å². The van der Waals surface area contributed by atoms with Crippen molar-refractivity contribution in [2.24, 2.45) is 11.8 Å². The van der Waals surface area contributed by atoms with Crippen LogP contribution in [0.15, 0.2) is 24.3 Å². The summed E-state index contributed by atoms with van der Waals surface area (Å²) >= 11 is 0. The molecule has 2 amide bonds. The summed E-state index contributed by atoms with van der Waals surface area (Å²) in [5.74, 6) is 1.54. The maximum absolute atomic E-state index is 12.6. The number of amides is 2. The molecule has 1 unspecified atom stereocenters. The Morgan fingerprint density at radius 1 is 1.17 bits per heavy atom. The van der Waals surface area contributed by atoms with Crippen molar-refractivity contribution in [3.8, 4) is 0 Å². The number of nitrogens with zero attached hydrogens (tertiary/aromatic N) is 1. The van der Waals surface area contributed by atoms with Crippen LogP contribution in [0.1, 0.15) is 56.1 Å². The predicted octanol–water partition coefficient (Wildman–Crippen LogP) is 4.28. The molecule has 2 saturated heterocycles. The molecule has 3 fully saturated rings. The number of rotatable bonds is 7. The molecule has 1 N–H and O–H groups in total. The average Bonchev–Trinajstić information content (AvgIpc) is 3.56. The molecule has 1 aromatic carbocycles. The molecule has 1 aliphatic carbocycles. The third kappa shape index (κ3) is 5.95. The number of likely N-dealkylation sites (tertiary alicyclic amines) is 1. The van der Waals surface area contributed by atoms with Gasteiger partial charge in [0.1, 0.15) is 0 Å². The summed E-state index contributed by atoms with van der Waals surface area (Å²) in [7, 11) is 0. The van der Waals surface area contributed by atoms with Gasteiger partial charge >= 0.3 is 6.03 Å². The summed E-state index contributed by atoms with van der Waals surface area (Å²) in [6.07, 6.45) is 8.03. The van der Waals surface area contributed by atoms with E-state index in [-0.39, 0.29) is 11.6 Å². The number of carbonyl (C=O) groups is 1. The van der Waals surface area contributed by atoms with Gasteiger partial charge in [0.05, 0.1) is 5.60 Å². The SMILES string of the molecule is Cc1ccc(CNC(=O)N2CCC3(CC2)CC(CCOCC2CC2)CCO3)cc1. The fourth-order valence-electron chi connectivity index (χ4n) is 4.62. The number of nitrogens with one attached hydrogen (secondary N) is 1. The summed E-state index contributed by atoms with van der Waals surface area (Å²) in [6, 6.07) is 8.36. The van der Waals surface area contributed by atoms with E-state index in [9.17, 15) is 4.79 Å². The van der Waals surface area contributed by atoms with Gasteiger partial charge < -0.3 is 19.7 Å². The lowest BCUT2D eigenvalue weighted by molar-refractivity contribution is -0.125. The standard InChI is InChI=1S/C24H36N2O3/c1-19-2-4-21(5-3-19)17-25-23(27)26-12-10-24(11-13-26)16-20(9-15-29-24)8-14-28-18-22-6-7-22/h2-5,20,22H,6-18H2,1H3,(H,25,27). The lowest BCUT2D eigenvalue weighted by Crippen LogP contribution is -2.52. The quantitative estimate of drug-likeness (QED) is 0.695. The number of piperidine rings is 1. The van der Waals surface area contributed by atoms with Crippen molar-refractivity contribution < 1.29 is 14.3 Å². The van der Waals surface area contributed by atoms with Crippen LogP contribution < -0.4 is 5.32 Å². The maximum atomic E-state index is 12.6. The highest BCUT2D eigenvalue weighted by molar-refractivity contribution is 5.74. The van der Waals surface area contributed by atoms with Gasteiger partial charge in [-0.1, -0.05) is 29.8 Å². The fourth-order valence-corrected chi connectivity index (χ4v) is 4.62. The van der Waals surface area contributed by atoms with E-state index < -0.39 is 0 Å². The molecule has 1 saturated carbocycles. The largest absolute Gasteiger partial charge is 0.381 e. The van der Waals surface area contributed by atoms with E-state index in [1.807, 2.05) is 4.90 Å². The van der Waals surface area contributed by atoms with Crippen molar-refractivity contribution >= 4 is 6.03 Å². The van der Waals surface area contributed by atoms with Crippen molar-refractivity contribution in [1.29, 1.82) is 0 Å². The molecule has 0 aromatic heterocycles. The van der Waals surface area contributed by atoms with E-state index >= 15 is 0 Å². The number of aryl methyl sites for hydroxylation is 1. The Morgan fingerprint density at radius 2 is 1.93 bits per heavy atom. The first kappa shape index (κ1) is 20.7. The second kappa shape index (κ2) is 9.48. The number of urea groups is 1. The second-order valence-corrected chi connectivity index (χ2v) is 9.33. The van der Waals surface area contributed by atoms with Gasteiger partial charge in [0.2, 0.25) is 0 Å². The highest BCUT2D eigenvalue weighted by atomic mass is 16.5. The Bertz CT molecular complexity index is 663. The topological polar surface area (TPSA) is 50.8 Å². The zero-order chi connectivity index (χ0) is 20.1. The summed E-state index contributed by atoms with van der Waals surface area (Å²) in [6.45, 7) is 6.93. The van der Waals surface area contributed by atoms with Gasteiger partial charge in [-0.2, -0.15) is 0 Å². The highest BCUT2D eigenvalue weighted by Crippen LogP contribution is 2.39. The summed E-state index contributed by atoms with van der Waals surface area (Å²) in [5, 5.41) is 3.07. The molecule has 1 atom stereocenters. The summed E-state index contributed by atoms with van der Waals surface area (Å²) in [4.78, 5) is 14.5. The monoisotopic (exact) mass is 400 g/mol. The van der Waals surface area contributed by atoms with Crippen molar-refractivity contribution in [2.75, 3.05) is 32.9 Å². The van der Waals surface area contributed by atoms with Crippen LogP contribution >= 0.6 is 0 Å². The molecule has 1 spiro atoms. The maximum Gasteiger partial charge on any atom is 0.317 e. The van der Waals surface area contributed by atoms with E-state index in [0.29, 0.717) is 12.5 Å². The number of ether oxygens (including phenoxy) is 2.